The van der Waals surface area contributed by atoms with Gasteiger partial charge in [0.15, 0.2) is 0 Å². The van der Waals surface area contributed by atoms with Crippen molar-refractivity contribution in [2.45, 2.75) is 12.4 Å². The van der Waals surface area contributed by atoms with Crippen LogP contribution >= 0.6 is 0 Å². The highest BCUT2D eigenvalue weighted by Gasteiger charge is 2.18. The van der Waals surface area contributed by atoms with Crippen LogP contribution in [0.2, 0.25) is 0 Å². The van der Waals surface area contributed by atoms with Crippen LogP contribution in [0.15, 0.2) is 24.3 Å². The van der Waals surface area contributed by atoms with E-state index in [2.05, 4.69) is 0 Å². The fourth-order valence-corrected chi connectivity index (χ4v) is 1.15. The van der Waals surface area contributed by atoms with Crippen LogP contribution in [-0.4, -0.2) is 23.1 Å². The van der Waals surface area contributed by atoms with Gasteiger partial charge >= 0.3 is 7.12 Å². The van der Waals surface area contributed by atoms with Gasteiger partial charge in [0.25, 0.3) is 0 Å². The Morgan fingerprint density at radius 1 is 1.50 bits per heavy atom. The number of nitrogens with two attached hydrogens (primary N) is 1. The zero-order valence-corrected chi connectivity index (χ0v) is 7.59. The van der Waals surface area contributed by atoms with Crippen molar-refractivity contribution in [3.63, 3.8) is 0 Å². The Hall–Kier alpha value is -1.35. The number of rotatable bonds is 3. The highest BCUT2D eigenvalue weighted by molar-refractivity contribution is 6.43. The van der Waals surface area contributed by atoms with Crippen molar-refractivity contribution in [1.82, 2.24) is 0 Å². The summed E-state index contributed by atoms with van der Waals surface area (Å²) in [6.07, 6.45) is 0.340. The molecule has 4 N–H and O–H groups in total. The lowest BCUT2D eigenvalue weighted by Gasteiger charge is -2.09. The van der Waals surface area contributed by atoms with E-state index in [1.807, 2.05) is 6.07 Å². The SMILES string of the molecule is N#Cc1cccc(CC(N)B(O)O)c1. The third kappa shape index (κ3) is 2.85. The summed E-state index contributed by atoms with van der Waals surface area (Å²) < 4.78 is 0. The lowest BCUT2D eigenvalue weighted by molar-refractivity contribution is 0.386. The van der Waals surface area contributed by atoms with Gasteiger partial charge in [0.2, 0.25) is 0 Å². The fourth-order valence-electron chi connectivity index (χ4n) is 1.15. The molecule has 0 fully saturated rings. The van der Waals surface area contributed by atoms with E-state index in [0.29, 0.717) is 12.0 Å². The smallest absolute Gasteiger partial charge is 0.426 e. The lowest BCUT2D eigenvalue weighted by Crippen LogP contribution is -2.40. The lowest BCUT2D eigenvalue weighted by atomic mass is 9.77. The normalized spacial score (nSPS) is 11.9. The summed E-state index contributed by atoms with van der Waals surface area (Å²) in [5, 5.41) is 26.2. The van der Waals surface area contributed by atoms with Gasteiger partial charge in [-0.2, -0.15) is 5.26 Å². The molecule has 1 rings (SSSR count). The summed E-state index contributed by atoms with van der Waals surface area (Å²) in [6, 6.07) is 8.91. The Balaban J connectivity index is 2.73. The summed E-state index contributed by atoms with van der Waals surface area (Å²) >= 11 is 0. The van der Waals surface area contributed by atoms with Crippen molar-refractivity contribution in [1.29, 1.82) is 5.26 Å². The Labute approximate surface area is 82.7 Å². The number of nitriles is 1. The van der Waals surface area contributed by atoms with Gasteiger partial charge in [-0.25, -0.2) is 0 Å². The molecule has 0 saturated carbocycles. The number of benzene rings is 1. The zero-order chi connectivity index (χ0) is 10.6. The van der Waals surface area contributed by atoms with E-state index in [-0.39, 0.29) is 0 Å². The second-order valence-electron chi connectivity index (χ2n) is 3.09. The van der Waals surface area contributed by atoms with Crippen molar-refractivity contribution in [3.05, 3.63) is 35.4 Å². The molecule has 4 nitrogen and oxygen atoms in total. The molecule has 0 aliphatic carbocycles. The molecule has 0 heterocycles. The summed E-state index contributed by atoms with van der Waals surface area (Å²) in [5.74, 6) is -0.719. The topological polar surface area (TPSA) is 90.3 Å². The van der Waals surface area contributed by atoms with Crippen LogP contribution in [0.1, 0.15) is 11.1 Å². The molecule has 14 heavy (non-hydrogen) atoms. The summed E-state index contributed by atoms with van der Waals surface area (Å²) in [6.45, 7) is 0. The molecule has 1 aromatic carbocycles. The van der Waals surface area contributed by atoms with Gasteiger partial charge in [0.1, 0.15) is 0 Å². The predicted octanol–water partition coefficient (Wildman–Crippen LogP) is -0.560. The quantitative estimate of drug-likeness (QED) is 0.557. The Morgan fingerprint density at radius 3 is 2.79 bits per heavy atom. The maximum atomic E-state index is 8.77. The average Bonchev–Trinajstić information content (AvgIpc) is 2.18. The largest absolute Gasteiger partial charge is 0.469 e. The third-order valence-corrected chi connectivity index (χ3v) is 1.91. The van der Waals surface area contributed by atoms with Crippen molar-refractivity contribution < 1.29 is 10.0 Å². The van der Waals surface area contributed by atoms with Crippen molar-refractivity contribution >= 4 is 7.12 Å². The minimum absolute atomic E-state index is 0.340. The first-order valence-corrected chi connectivity index (χ1v) is 4.24. The molecular formula is C9H11BN2O2. The van der Waals surface area contributed by atoms with Crippen LogP contribution in [0.4, 0.5) is 0 Å². The Kier molecular flexibility index (Phi) is 3.66. The fraction of sp³-hybridized carbons (Fsp3) is 0.222. The Bertz CT molecular complexity index is 349. The number of nitrogens with zero attached hydrogens (tertiary/aromatic N) is 1. The van der Waals surface area contributed by atoms with E-state index >= 15 is 0 Å². The molecule has 0 aromatic heterocycles. The molecule has 1 aromatic rings. The van der Waals surface area contributed by atoms with E-state index in [1.54, 1.807) is 24.3 Å². The van der Waals surface area contributed by atoms with Gasteiger partial charge in [-0.05, 0) is 24.1 Å². The van der Waals surface area contributed by atoms with Gasteiger partial charge in [-0.1, -0.05) is 12.1 Å². The molecule has 1 atom stereocenters. The van der Waals surface area contributed by atoms with E-state index < -0.39 is 13.1 Å². The van der Waals surface area contributed by atoms with E-state index in [0.717, 1.165) is 5.56 Å². The average molecular weight is 190 g/mol. The van der Waals surface area contributed by atoms with Crippen molar-refractivity contribution in [3.8, 4) is 6.07 Å². The Morgan fingerprint density at radius 2 is 2.21 bits per heavy atom. The molecule has 0 aliphatic rings. The summed E-state index contributed by atoms with van der Waals surface area (Å²) in [7, 11) is -1.53. The molecule has 0 spiro atoms. The van der Waals surface area contributed by atoms with Crippen molar-refractivity contribution in [2.75, 3.05) is 0 Å². The first-order valence-electron chi connectivity index (χ1n) is 4.24. The highest BCUT2D eigenvalue weighted by Crippen LogP contribution is 2.06. The van der Waals surface area contributed by atoms with E-state index in [9.17, 15) is 0 Å². The molecule has 0 saturated heterocycles. The van der Waals surface area contributed by atoms with Crippen LogP contribution in [0.25, 0.3) is 0 Å². The molecule has 0 bridgehead atoms. The van der Waals surface area contributed by atoms with Crippen LogP contribution in [-0.2, 0) is 6.42 Å². The summed E-state index contributed by atoms with van der Waals surface area (Å²) in [4.78, 5) is 0. The molecule has 5 heteroatoms. The van der Waals surface area contributed by atoms with E-state index in [4.69, 9.17) is 21.0 Å². The number of hydrogen-bond donors (Lipinski definition) is 3. The molecule has 0 aliphatic heterocycles. The zero-order valence-electron chi connectivity index (χ0n) is 7.59. The van der Waals surface area contributed by atoms with Crippen molar-refractivity contribution in [2.24, 2.45) is 5.73 Å². The maximum absolute atomic E-state index is 8.77. The van der Waals surface area contributed by atoms with Crippen LogP contribution in [0.3, 0.4) is 0 Å². The van der Waals surface area contributed by atoms with E-state index in [1.165, 1.54) is 0 Å². The van der Waals surface area contributed by atoms with Gasteiger partial charge in [0.05, 0.1) is 11.6 Å². The van der Waals surface area contributed by atoms with Crippen LogP contribution < -0.4 is 5.73 Å². The molecule has 1 unspecified atom stereocenters. The maximum Gasteiger partial charge on any atom is 0.469 e. The standard InChI is InChI=1S/C9H11BN2O2/c11-6-8-3-1-2-7(4-8)5-9(12)10(13)14/h1-4,9,13-14H,5,12H2. The number of hydrogen-bond acceptors (Lipinski definition) is 4. The molecule has 72 valence electrons. The molecule has 0 amide bonds. The third-order valence-electron chi connectivity index (χ3n) is 1.91. The monoisotopic (exact) mass is 190 g/mol. The second-order valence-corrected chi connectivity index (χ2v) is 3.09. The first-order chi connectivity index (χ1) is 6.63. The highest BCUT2D eigenvalue weighted by atomic mass is 16.4. The first kappa shape index (κ1) is 10.7. The second kappa shape index (κ2) is 4.77. The van der Waals surface area contributed by atoms with Crippen LogP contribution in [0, 0.1) is 11.3 Å². The minimum atomic E-state index is -1.53. The van der Waals surface area contributed by atoms with Gasteiger partial charge < -0.3 is 15.8 Å². The molecule has 0 radical (unpaired) electrons. The predicted molar refractivity (Wildman–Crippen MR) is 53.0 cm³/mol. The van der Waals surface area contributed by atoms with Gasteiger partial charge in [0, 0.05) is 5.94 Å². The van der Waals surface area contributed by atoms with Gasteiger partial charge in [-0.15, -0.1) is 0 Å². The van der Waals surface area contributed by atoms with Crippen LogP contribution in [0.5, 0.6) is 0 Å². The van der Waals surface area contributed by atoms with Gasteiger partial charge in [-0.3, -0.25) is 0 Å². The molecular weight excluding hydrogens is 179 g/mol. The summed E-state index contributed by atoms with van der Waals surface area (Å²) in [5.41, 5.74) is 6.82. The minimum Gasteiger partial charge on any atom is -0.426 e.